The van der Waals surface area contributed by atoms with Crippen LogP contribution in [-0.2, 0) is 6.54 Å². The first-order valence-electron chi connectivity index (χ1n) is 3.62. The molecular formula is C8H10ClNO3. The Morgan fingerprint density at radius 2 is 2.23 bits per heavy atom. The molecule has 72 valence electrons. The lowest BCUT2D eigenvalue weighted by atomic mass is 10.2. The molecule has 0 saturated heterocycles. The summed E-state index contributed by atoms with van der Waals surface area (Å²) < 4.78 is 4.92. The fourth-order valence-corrected chi connectivity index (χ4v) is 1.19. The zero-order valence-electron chi connectivity index (χ0n) is 7.04. The van der Waals surface area contributed by atoms with Crippen LogP contribution in [0.5, 0.6) is 11.5 Å². The number of phenols is 1. The highest BCUT2D eigenvalue weighted by atomic mass is 35.5. The third-order valence-corrected chi connectivity index (χ3v) is 1.94. The zero-order valence-corrected chi connectivity index (χ0v) is 7.80. The van der Waals surface area contributed by atoms with Crippen LogP contribution in [-0.4, -0.2) is 17.4 Å². The van der Waals surface area contributed by atoms with Crippen LogP contribution in [0.3, 0.4) is 0 Å². The summed E-state index contributed by atoms with van der Waals surface area (Å²) in [5.74, 6) is 0.158. The summed E-state index contributed by atoms with van der Waals surface area (Å²) in [6, 6.07) is 3.19. The van der Waals surface area contributed by atoms with E-state index in [0.29, 0.717) is 5.56 Å². The van der Waals surface area contributed by atoms with E-state index in [1.165, 1.54) is 13.2 Å². The van der Waals surface area contributed by atoms with Gasteiger partial charge >= 0.3 is 0 Å². The van der Waals surface area contributed by atoms with E-state index in [1.807, 2.05) is 5.48 Å². The van der Waals surface area contributed by atoms with Gasteiger partial charge in [-0.3, -0.25) is 0 Å². The SMILES string of the molecule is COc1c(CNO)ccc(Cl)c1O. The number of ether oxygens (including phenoxy) is 1. The van der Waals surface area contributed by atoms with Crippen molar-refractivity contribution in [2.45, 2.75) is 6.54 Å². The third kappa shape index (κ3) is 2.03. The number of aromatic hydroxyl groups is 1. The Morgan fingerprint density at radius 1 is 1.54 bits per heavy atom. The molecule has 0 unspecified atom stereocenters. The maximum atomic E-state index is 9.44. The molecule has 0 aliphatic carbocycles. The van der Waals surface area contributed by atoms with Gasteiger partial charge in [0.1, 0.15) is 0 Å². The van der Waals surface area contributed by atoms with Crippen molar-refractivity contribution in [3.63, 3.8) is 0 Å². The van der Waals surface area contributed by atoms with Crippen molar-refractivity contribution in [2.75, 3.05) is 7.11 Å². The van der Waals surface area contributed by atoms with Gasteiger partial charge in [-0.25, -0.2) is 5.48 Å². The molecule has 4 nitrogen and oxygen atoms in total. The van der Waals surface area contributed by atoms with Gasteiger partial charge in [0.25, 0.3) is 0 Å². The number of halogens is 1. The van der Waals surface area contributed by atoms with E-state index in [4.69, 9.17) is 21.5 Å². The first-order valence-corrected chi connectivity index (χ1v) is 3.99. The van der Waals surface area contributed by atoms with E-state index in [1.54, 1.807) is 6.07 Å². The Balaban J connectivity index is 3.13. The van der Waals surface area contributed by atoms with E-state index < -0.39 is 0 Å². The van der Waals surface area contributed by atoms with E-state index in [2.05, 4.69) is 0 Å². The molecule has 0 atom stereocenters. The summed E-state index contributed by atoms with van der Waals surface area (Å²) in [6.07, 6.45) is 0. The zero-order chi connectivity index (χ0) is 9.84. The van der Waals surface area contributed by atoms with Crippen LogP contribution in [0.4, 0.5) is 0 Å². The molecular weight excluding hydrogens is 194 g/mol. The van der Waals surface area contributed by atoms with E-state index in [0.717, 1.165) is 0 Å². The molecule has 1 aromatic rings. The summed E-state index contributed by atoms with van der Waals surface area (Å²) in [5, 5.41) is 18.1. The Hall–Kier alpha value is -0.970. The quantitative estimate of drug-likeness (QED) is 0.652. The average Bonchev–Trinajstić information content (AvgIpc) is 2.12. The Kier molecular flexibility index (Phi) is 3.36. The minimum atomic E-state index is -0.114. The van der Waals surface area contributed by atoms with Gasteiger partial charge < -0.3 is 15.1 Å². The number of methoxy groups -OCH3 is 1. The normalized spacial score (nSPS) is 10.1. The molecule has 0 spiro atoms. The Labute approximate surface area is 80.7 Å². The number of benzene rings is 1. The lowest BCUT2D eigenvalue weighted by Crippen LogP contribution is -2.07. The molecule has 5 heteroatoms. The van der Waals surface area contributed by atoms with Gasteiger partial charge in [0.05, 0.1) is 12.1 Å². The first kappa shape index (κ1) is 10.1. The number of rotatable bonds is 3. The van der Waals surface area contributed by atoms with Gasteiger partial charge in [0.15, 0.2) is 11.5 Å². The van der Waals surface area contributed by atoms with Crippen molar-refractivity contribution >= 4 is 11.6 Å². The lowest BCUT2D eigenvalue weighted by molar-refractivity contribution is 0.160. The summed E-state index contributed by atoms with van der Waals surface area (Å²) >= 11 is 5.65. The van der Waals surface area contributed by atoms with Gasteiger partial charge in [0.2, 0.25) is 0 Å². The second kappa shape index (κ2) is 4.32. The third-order valence-electron chi connectivity index (χ3n) is 1.64. The molecule has 0 radical (unpaired) electrons. The molecule has 0 aliphatic heterocycles. The number of phenolic OH excluding ortho intramolecular Hbond substituents is 1. The minimum Gasteiger partial charge on any atom is -0.503 e. The summed E-state index contributed by atoms with van der Waals surface area (Å²) in [4.78, 5) is 0. The maximum Gasteiger partial charge on any atom is 0.177 e. The standard InChI is InChI=1S/C8H10ClNO3/c1-13-8-5(4-10-12)2-3-6(9)7(8)11/h2-3,10-12H,4H2,1H3. The summed E-state index contributed by atoms with van der Waals surface area (Å²) in [7, 11) is 1.42. The molecule has 0 fully saturated rings. The lowest BCUT2D eigenvalue weighted by Gasteiger charge is -2.10. The highest BCUT2D eigenvalue weighted by molar-refractivity contribution is 6.32. The van der Waals surface area contributed by atoms with Gasteiger partial charge in [-0.05, 0) is 6.07 Å². The van der Waals surface area contributed by atoms with Gasteiger partial charge in [-0.1, -0.05) is 17.7 Å². The van der Waals surface area contributed by atoms with Crippen molar-refractivity contribution < 1.29 is 15.1 Å². The minimum absolute atomic E-state index is 0.114. The second-order valence-corrected chi connectivity index (χ2v) is 2.83. The maximum absolute atomic E-state index is 9.44. The highest BCUT2D eigenvalue weighted by Gasteiger charge is 2.11. The fraction of sp³-hybridized carbons (Fsp3) is 0.250. The Bertz CT molecular complexity index is 304. The largest absolute Gasteiger partial charge is 0.503 e. The van der Waals surface area contributed by atoms with Crippen LogP contribution in [0.15, 0.2) is 12.1 Å². The molecule has 3 N–H and O–H groups in total. The molecule has 0 bridgehead atoms. The molecule has 0 amide bonds. The summed E-state index contributed by atoms with van der Waals surface area (Å²) in [5.41, 5.74) is 2.60. The van der Waals surface area contributed by atoms with Gasteiger partial charge in [-0.15, -0.1) is 0 Å². The number of hydrogen-bond donors (Lipinski definition) is 3. The van der Waals surface area contributed by atoms with Crippen molar-refractivity contribution in [2.24, 2.45) is 0 Å². The molecule has 0 saturated carbocycles. The van der Waals surface area contributed by atoms with E-state index in [-0.39, 0.29) is 23.1 Å². The molecule has 1 aromatic carbocycles. The molecule has 0 aromatic heterocycles. The van der Waals surface area contributed by atoms with Crippen molar-refractivity contribution in [1.82, 2.24) is 5.48 Å². The Morgan fingerprint density at radius 3 is 2.77 bits per heavy atom. The topological polar surface area (TPSA) is 61.7 Å². The van der Waals surface area contributed by atoms with Crippen molar-refractivity contribution in [3.8, 4) is 11.5 Å². The smallest absolute Gasteiger partial charge is 0.177 e. The van der Waals surface area contributed by atoms with Gasteiger partial charge in [-0.2, -0.15) is 0 Å². The van der Waals surface area contributed by atoms with Crippen molar-refractivity contribution in [1.29, 1.82) is 0 Å². The molecule has 0 aliphatic rings. The molecule has 0 heterocycles. The van der Waals surface area contributed by atoms with Crippen molar-refractivity contribution in [3.05, 3.63) is 22.7 Å². The van der Waals surface area contributed by atoms with Crippen LogP contribution in [0.1, 0.15) is 5.56 Å². The number of hydroxylamine groups is 1. The van der Waals surface area contributed by atoms with Crippen LogP contribution in [0, 0.1) is 0 Å². The monoisotopic (exact) mass is 203 g/mol. The number of hydrogen-bond acceptors (Lipinski definition) is 4. The van der Waals surface area contributed by atoms with E-state index >= 15 is 0 Å². The van der Waals surface area contributed by atoms with Crippen LogP contribution in [0.2, 0.25) is 5.02 Å². The fourth-order valence-electron chi connectivity index (χ4n) is 1.04. The highest BCUT2D eigenvalue weighted by Crippen LogP contribution is 2.36. The first-order chi connectivity index (χ1) is 6.20. The predicted molar refractivity (Wildman–Crippen MR) is 48.3 cm³/mol. The second-order valence-electron chi connectivity index (χ2n) is 2.42. The predicted octanol–water partition coefficient (Wildman–Crippen LogP) is 1.53. The van der Waals surface area contributed by atoms with Crippen LogP contribution < -0.4 is 10.2 Å². The summed E-state index contributed by atoms with van der Waals surface area (Å²) in [6.45, 7) is 0.188. The van der Waals surface area contributed by atoms with Gasteiger partial charge in [0, 0.05) is 12.1 Å². The molecule has 1 rings (SSSR count). The van der Waals surface area contributed by atoms with E-state index in [9.17, 15) is 5.11 Å². The van der Waals surface area contributed by atoms with Crippen LogP contribution in [0.25, 0.3) is 0 Å². The average molecular weight is 204 g/mol. The number of nitrogens with one attached hydrogen (secondary N) is 1. The molecule has 13 heavy (non-hydrogen) atoms. The van der Waals surface area contributed by atoms with Crippen LogP contribution >= 0.6 is 11.6 Å².